The zero-order valence-electron chi connectivity index (χ0n) is 17.1. The van der Waals surface area contributed by atoms with Gasteiger partial charge in [-0.15, -0.1) is 0 Å². The normalized spacial score (nSPS) is 12.8. The Bertz CT molecular complexity index is 875. The van der Waals surface area contributed by atoms with Gasteiger partial charge in [-0.1, -0.05) is 12.1 Å². The molecule has 28 heavy (non-hydrogen) atoms. The lowest BCUT2D eigenvalue weighted by molar-refractivity contribution is -0.885. The number of hydrogen-bond acceptors (Lipinski definition) is 3. The molecule has 148 valence electrons. The van der Waals surface area contributed by atoms with Gasteiger partial charge in [0.2, 0.25) is 0 Å². The molecule has 2 amide bonds. The lowest BCUT2D eigenvalue weighted by atomic mass is 10.1. The van der Waals surface area contributed by atoms with Crippen LogP contribution >= 0.6 is 0 Å². The van der Waals surface area contributed by atoms with E-state index in [2.05, 4.69) is 10.6 Å². The van der Waals surface area contributed by atoms with E-state index in [0.29, 0.717) is 11.3 Å². The van der Waals surface area contributed by atoms with Crippen LogP contribution in [0.15, 0.2) is 42.5 Å². The van der Waals surface area contributed by atoms with Crippen molar-refractivity contribution in [2.45, 2.75) is 33.7 Å². The fourth-order valence-electron chi connectivity index (χ4n) is 2.75. The topological polar surface area (TPSA) is 79.7 Å². The first-order chi connectivity index (χ1) is 13.2. The van der Waals surface area contributed by atoms with E-state index < -0.39 is 6.04 Å². The Morgan fingerprint density at radius 1 is 1.00 bits per heavy atom. The summed E-state index contributed by atoms with van der Waals surface area (Å²) in [6.07, 6.45) is 0. The van der Waals surface area contributed by atoms with Crippen molar-refractivity contribution in [1.82, 2.24) is 0 Å². The van der Waals surface area contributed by atoms with Gasteiger partial charge in [-0.3, -0.25) is 14.4 Å². The number of amides is 2. The number of Topliss-reactive ketones (excluding diaryl/α,β-unsaturated/α-hetero) is 1. The molecule has 3 N–H and O–H groups in total. The zero-order chi connectivity index (χ0) is 20.8. The number of anilines is 2. The fraction of sp³-hybridized carbons (Fsp3) is 0.318. The lowest BCUT2D eigenvalue weighted by Crippen LogP contribution is -3.14. The number of quaternary nitrogens is 1. The maximum atomic E-state index is 12.5. The summed E-state index contributed by atoms with van der Waals surface area (Å²) in [5.41, 5.74) is 4.15. The standard InChI is InChI=1S/C22H27N3O3/c1-14-7-6-8-20(15(14)2)24-21(27)13-25(5)16(3)22(28)23-19-11-9-18(10-12-19)17(4)26/h6-12,16H,13H2,1-5H3,(H,23,28)(H,24,27)/p+1/t16-/m1/s1. The summed E-state index contributed by atoms with van der Waals surface area (Å²) in [5.74, 6) is -0.352. The molecule has 0 aliphatic carbocycles. The van der Waals surface area contributed by atoms with Crippen LogP contribution in [0.2, 0.25) is 0 Å². The van der Waals surface area contributed by atoms with Gasteiger partial charge in [0.05, 0.1) is 7.05 Å². The first-order valence-electron chi connectivity index (χ1n) is 9.29. The summed E-state index contributed by atoms with van der Waals surface area (Å²) in [6.45, 7) is 7.41. The molecule has 0 aromatic heterocycles. The summed E-state index contributed by atoms with van der Waals surface area (Å²) in [4.78, 5) is 37.0. The third-order valence-electron chi connectivity index (χ3n) is 5.01. The van der Waals surface area contributed by atoms with Crippen LogP contribution in [0.4, 0.5) is 11.4 Å². The fourth-order valence-corrected chi connectivity index (χ4v) is 2.75. The minimum atomic E-state index is -0.420. The highest BCUT2D eigenvalue weighted by atomic mass is 16.2. The number of hydrogen-bond donors (Lipinski definition) is 3. The minimum Gasteiger partial charge on any atom is -0.321 e. The molecule has 6 nitrogen and oxygen atoms in total. The second kappa shape index (κ2) is 9.28. The molecule has 1 unspecified atom stereocenters. The van der Waals surface area contributed by atoms with Crippen LogP contribution < -0.4 is 15.5 Å². The Labute approximate surface area is 165 Å². The first kappa shape index (κ1) is 21.3. The summed E-state index contributed by atoms with van der Waals surface area (Å²) in [7, 11) is 1.81. The molecule has 0 aliphatic rings. The Kier molecular flexibility index (Phi) is 7.06. The summed E-state index contributed by atoms with van der Waals surface area (Å²) >= 11 is 0. The van der Waals surface area contributed by atoms with Crippen LogP contribution in [0.5, 0.6) is 0 Å². The number of aryl methyl sites for hydroxylation is 1. The van der Waals surface area contributed by atoms with Gasteiger partial charge in [0.15, 0.2) is 18.4 Å². The molecule has 0 aliphatic heterocycles. The van der Waals surface area contributed by atoms with E-state index in [1.54, 1.807) is 31.2 Å². The Hall–Kier alpha value is -2.99. The van der Waals surface area contributed by atoms with E-state index in [9.17, 15) is 14.4 Å². The molecule has 0 bridgehead atoms. The molecule has 0 saturated heterocycles. The van der Waals surface area contributed by atoms with Crippen molar-refractivity contribution in [1.29, 1.82) is 0 Å². The molecular weight excluding hydrogens is 354 g/mol. The van der Waals surface area contributed by atoms with Crippen LogP contribution in [0.25, 0.3) is 0 Å². The Morgan fingerprint density at radius 2 is 1.64 bits per heavy atom. The summed E-state index contributed by atoms with van der Waals surface area (Å²) < 4.78 is 0. The van der Waals surface area contributed by atoms with Crippen LogP contribution in [0.1, 0.15) is 35.3 Å². The van der Waals surface area contributed by atoms with Gasteiger partial charge in [-0.25, -0.2) is 0 Å². The third-order valence-corrected chi connectivity index (χ3v) is 5.01. The van der Waals surface area contributed by atoms with Crippen LogP contribution in [-0.4, -0.2) is 37.2 Å². The van der Waals surface area contributed by atoms with E-state index in [1.165, 1.54) is 6.92 Å². The number of likely N-dealkylation sites (N-methyl/N-ethyl adjacent to an activating group) is 1. The van der Waals surface area contributed by atoms with Gasteiger partial charge in [0, 0.05) is 16.9 Å². The average molecular weight is 382 g/mol. The maximum absolute atomic E-state index is 12.5. The van der Waals surface area contributed by atoms with Crippen molar-refractivity contribution in [2.24, 2.45) is 0 Å². The number of ketones is 1. The molecule has 2 rings (SSSR count). The number of rotatable bonds is 7. The molecule has 0 saturated carbocycles. The predicted octanol–water partition coefficient (Wildman–Crippen LogP) is 1.99. The van der Waals surface area contributed by atoms with Crippen molar-refractivity contribution >= 4 is 29.0 Å². The molecule has 0 spiro atoms. The van der Waals surface area contributed by atoms with Crippen molar-refractivity contribution < 1.29 is 19.3 Å². The average Bonchev–Trinajstić information content (AvgIpc) is 2.65. The van der Waals surface area contributed by atoms with E-state index in [4.69, 9.17) is 0 Å². The Balaban J connectivity index is 1.92. The smallest absolute Gasteiger partial charge is 0.282 e. The summed E-state index contributed by atoms with van der Waals surface area (Å²) in [5, 5.41) is 5.74. The number of nitrogens with one attached hydrogen (secondary N) is 3. The van der Waals surface area contributed by atoms with Gasteiger partial charge in [-0.05, 0) is 69.2 Å². The van der Waals surface area contributed by atoms with Crippen molar-refractivity contribution in [3.8, 4) is 0 Å². The number of carbonyl (C=O) groups excluding carboxylic acids is 3. The van der Waals surface area contributed by atoms with Crippen molar-refractivity contribution in [3.63, 3.8) is 0 Å². The molecule has 0 fully saturated rings. The monoisotopic (exact) mass is 382 g/mol. The molecule has 2 atom stereocenters. The zero-order valence-corrected chi connectivity index (χ0v) is 17.1. The third kappa shape index (κ3) is 5.50. The molecule has 6 heteroatoms. The van der Waals surface area contributed by atoms with E-state index in [-0.39, 0.29) is 24.1 Å². The number of carbonyl (C=O) groups is 3. The van der Waals surface area contributed by atoms with E-state index >= 15 is 0 Å². The summed E-state index contributed by atoms with van der Waals surface area (Å²) in [6, 6.07) is 12.1. The SMILES string of the molecule is CC(=O)c1ccc(NC(=O)[C@@H](C)[NH+](C)CC(=O)Nc2cccc(C)c2C)cc1. The second-order valence-corrected chi connectivity index (χ2v) is 7.16. The Morgan fingerprint density at radius 3 is 2.25 bits per heavy atom. The molecule has 2 aromatic rings. The molecule has 2 aromatic carbocycles. The van der Waals surface area contributed by atoms with Gasteiger partial charge in [-0.2, -0.15) is 0 Å². The quantitative estimate of drug-likeness (QED) is 0.641. The predicted molar refractivity (Wildman–Crippen MR) is 111 cm³/mol. The second-order valence-electron chi connectivity index (χ2n) is 7.16. The van der Waals surface area contributed by atoms with Gasteiger partial charge in [0.1, 0.15) is 0 Å². The van der Waals surface area contributed by atoms with Gasteiger partial charge in [0.25, 0.3) is 11.8 Å². The highest BCUT2D eigenvalue weighted by Crippen LogP contribution is 2.17. The first-order valence-corrected chi connectivity index (χ1v) is 9.29. The maximum Gasteiger partial charge on any atom is 0.282 e. The lowest BCUT2D eigenvalue weighted by Gasteiger charge is -2.21. The molecular formula is C22H28N3O3+. The van der Waals surface area contributed by atoms with Crippen LogP contribution in [0.3, 0.4) is 0 Å². The van der Waals surface area contributed by atoms with Gasteiger partial charge >= 0.3 is 0 Å². The van der Waals surface area contributed by atoms with Crippen molar-refractivity contribution in [3.05, 3.63) is 59.2 Å². The van der Waals surface area contributed by atoms with E-state index in [1.807, 2.05) is 39.1 Å². The highest BCUT2D eigenvalue weighted by molar-refractivity contribution is 5.97. The highest BCUT2D eigenvalue weighted by Gasteiger charge is 2.24. The molecule has 0 radical (unpaired) electrons. The van der Waals surface area contributed by atoms with Crippen LogP contribution in [-0.2, 0) is 9.59 Å². The van der Waals surface area contributed by atoms with Crippen LogP contribution in [0, 0.1) is 13.8 Å². The molecule has 0 heterocycles. The largest absolute Gasteiger partial charge is 0.321 e. The number of benzene rings is 2. The van der Waals surface area contributed by atoms with Gasteiger partial charge < -0.3 is 15.5 Å². The minimum absolute atomic E-state index is 0.0229. The van der Waals surface area contributed by atoms with Crippen molar-refractivity contribution in [2.75, 3.05) is 24.2 Å². The van der Waals surface area contributed by atoms with E-state index in [0.717, 1.165) is 21.7 Å².